The van der Waals surface area contributed by atoms with E-state index in [9.17, 15) is 9.59 Å². The maximum absolute atomic E-state index is 12.3. The van der Waals surface area contributed by atoms with Crippen molar-refractivity contribution in [1.29, 1.82) is 0 Å². The summed E-state index contributed by atoms with van der Waals surface area (Å²) in [7, 11) is 0. The summed E-state index contributed by atoms with van der Waals surface area (Å²) in [5.41, 5.74) is 1.46. The number of rotatable bonds is 7. The molecule has 0 aliphatic heterocycles. The van der Waals surface area contributed by atoms with Crippen LogP contribution in [0.4, 0.5) is 17.3 Å². The van der Waals surface area contributed by atoms with Gasteiger partial charge in [-0.3, -0.25) is 9.59 Å². The molecule has 2 rings (SSSR count). The number of anilines is 3. The summed E-state index contributed by atoms with van der Waals surface area (Å²) in [6, 6.07) is 8.47. The van der Waals surface area contributed by atoms with Crippen molar-refractivity contribution in [3.05, 3.63) is 42.2 Å². The molecule has 1 aromatic carbocycles. The smallest absolute Gasteiger partial charge is 0.274 e. The SMILES string of the molecule is CCCCNc1nccc(C(=O)Nc2cccc(NC(C)=O)c2)n1. The van der Waals surface area contributed by atoms with Crippen molar-refractivity contribution in [3.63, 3.8) is 0 Å². The molecule has 0 radical (unpaired) electrons. The summed E-state index contributed by atoms with van der Waals surface area (Å²) in [6.45, 7) is 4.29. The second-order valence-electron chi connectivity index (χ2n) is 5.26. The highest BCUT2D eigenvalue weighted by molar-refractivity contribution is 6.03. The Bertz CT molecular complexity index is 718. The van der Waals surface area contributed by atoms with Crippen molar-refractivity contribution in [2.45, 2.75) is 26.7 Å². The number of benzene rings is 1. The van der Waals surface area contributed by atoms with Gasteiger partial charge in [0.25, 0.3) is 5.91 Å². The highest BCUT2D eigenvalue weighted by atomic mass is 16.2. The average molecular weight is 327 g/mol. The van der Waals surface area contributed by atoms with E-state index < -0.39 is 0 Å². The number of hydrogen-bond acceptors (Lipinski definition) is 5. The van der Waals surface area contributed by atoms with Crippen LogP contribution in [0.25, 0.3) is 0 Å². The average Bonchev–Trinajstić information content (AvgIpc) is 2.55. The number of nitrogens with zero attached hydrogens (tertiary/aromatic N) is 2. The van der Waals surface area contributed by atoms with Gasteiger partial charge in [0, 0.05) is 31.0 Å². The van der Waals surface area contributed by atoms with Gasteiger partial charge in [-0.25, -0.2) is 9.97 Å². The van der Waals surface area contributed by atoms with E-state index in [1.165, 1.54) is 6.92 Å². The zero-order chi connectivity index (χ0) is 17.4. The van der Waals surface area contributed by atoms with E-state index in [0.717, 1.165) is 19.4 Å². The summed E-state index contributed by atoms with van der Waals surface area (Å²) in [5.74, 6) is -0.0731. The summed E-state index contributed by atoms with van der Waals surface area (Å²) in [6.07, 6.45) is 3.62. The molecular formula is C17H21N5O2. The van der Waals surface area contributed by atoms with Gasteiger partial charge < -0.3 is 16.0 Å². The number of hydrogen-bond donors (Lipinski definition) is 3. The Morgan fingerprint density at radius 1 is 1.12 bits per heavy atom. The zero-order valence-electron chi connectivity index (χ0n) is 13.8. The van der Waals surface area contributed by atoms with Gasteiger partial charge in [-0.15, -0.1) is 0 Å². The van der Waals surface area contributed by atoms with Crippen molar-refractivity contribution < 1.29 is 9.59 Å². The number of carbonyl (C=O) groups is 2. The molecule has 0 aliphatic rings. The lowest BCUT2D eigenvalue weighted by Gasteiger charge is -2.08. The maximum Gasteiger partial charge on any atom is 0.274 e. The molecule has 24 heavy (non-hydrogen) atoms. The molecule has 0 saturated heterocycles. The molecule has 2 aromatic rings. The predicted molar refractivity (Wildman–Crippen MR) is 94.1 cm³/mol. The van der Waals surface area contributed by atoms with Crippen LogP contribution in [0.5, 0.6) is 0 Å². The molecule has 0 atom stereocenters. The van der Waals surface area contributed by atoms with Crippen LogP contribution in [0.3, 0.4) is 0 Å². The quantitative estimate of drug-likeness (QED) is 0.680. The molecule has 0 spiro atoms. The Morgan fingerprint density at radius 2 is 1.88 bits per heavy atom. The fraction of sp³-hybridized carbons (Fsp3) is 0.294. The van der Waals surface area contributed by atoms with Crippen LogP contribution in [0.15, 0.2) is 36.5 Å². The Morgan fingerprint density at radius 3 is 2.58 bits per heavy atom. The fourth-order valence-corrected chi connectivity index (χ4v) is 2.02. The third-order valence-corrected chi connectivity index (χ3v) is 3.14. The number of aromatic nitrogens is 2. The van der Waals surface area contributed by atoms with Gasteiger partial charge >= 0.3 is 0 Å². The van der Waals surface area contributed by atoms with Crippen LogP contribution in [-0.4, -0.2) is 28.3 Å². The second kappa shape index (κ2) is 8.61. The lowest BCUT2D eigenvalue weighted by molar-refractivity contribution is -0.114. The molecule has 0 bridgehead atoms. The van der Waals surface area contributed by atoms with E-state index in [0.29, 0.717) is 17.3 Å². The maximum atomic E-state index is 12.3. The van der Waals surface area contributed by atoms with Crippen molar-refractivity contribution in [1.82, 2.24) is 9.97 Å². The first kappa shape index (κ1) is 17.4. The van der Waals surface area contributed by atoms with Gasteiger partial charge in [0.1, 0.15) is 5.69 Å². The molecule has 0 saturated carbocycles. The van der Waals surface area contributed by atoms with Crippen LogP contribution in [0, 0.1) is 0 Å². The first-order valence-electron chi connectivity index (χ1n) is 7.84. The number of amides is 2. The third-order valence-electron chi connectivity index (χ3n) is 3.14. The van der Waals surface area contributed by atoms with Crippen molar-refractivity contribution in [3.8, 4) is 0 Å². The lowest BCUT2D eigenvalue weighted by atomic mass is 10.2. The van der Waals surface area contributed by atoms with Crippen LogP contribution in [0.1, 0.15) is 37.2 Å². The van der Waals surface area contributed by atoms with E-state index in [1.807, 2.05) is 0 Å². The predicted octanol–water partition coefficient (Wildman–Crippen LogP) is 2.90. The summed E-state index contributed by atoms with van der Waals surface area (Å²) in [4.78, 5) is 31.7. The minimum absolute atomic E-state index is 0.169. The topological polar surface area (TPSA) is 96.0 Å². The normalized spacial score (nSPS) is 10.1. The Labute approximate surface area is 140 Å². The molecule has 126 valence electrons. The van der Waals surface area contributed by atoms with E-state index in [2.05, 4.69) is 32.8 Å². The minimum atomic E-state index is -0.337. The number of carbonyl (C=O) groups excluding carboxylic acids is 2. The molecular weight excluding hydrogens is 306 g/mol. The van der Waals surface area contributed by atoms with Gasteiger partial charge in [-0.2, -0.15) is 0 Å². The van der Waals surface area contributed by atoms with Gasteiger partial charge in [-0.1, -0.05) is 19.4 Å². The van der Waals surface area contributed by atoms with E-state index in [1.54, 1.807) is 36.5 Å². The molecule has 0 unspecified atom stereocenters. The minimum Gasteiger partial charge on any atom is -0.354 e. The van der Waals surface area contributed by atoms with Crippen LogP contribution in [0.2, 0.25) is 0 Å². The van der Waals surface area contributed by atoms with E-state index in [4.69, 9.17) is 0 Å². The van der Waals surface area contributed by atoms with Crippen LogP contribution in [-0.2, 0) is 4.79 Å². The van der Waals surface area contributed by atoms with Crippen molar-refractivity contribution >= 4 is 29.1 Å². The molecule has 1 heterocycles. The Hall–Kier alpha value is -2.96. The second-order valence-corrected chi connectivity index (χ2v) is 5.26. The largest absolute Gasteiger partial charge is 0.354 e. The highest BCUT2D eigenvalue weighted by Crippen LogP contribution is 2.16. The van der Waals surface area contributed by atoms with Crippen molar-refractivity contribution in [2.75, 3.05) is 22.5 Å². The third kappa shape index (κ3) is 5.35. The molecule has 7 heteroatoms. The lowest BCUT2D eigenvalue weighted by Crippen LogP contribution is -2.16. The van der Waals surface area contributed by atoms with Gasteiger partial charge in [0.2, 0.25) is 11.9 Å². The van der Waals surface area contributed by atoms with E-state index >= 15 is 0 Å². The van der Waals surface area contributed by atoms with Crippen LogP contribution >= 0.6 is 0 Å². The zero-order valence-corrected chi connectivity index (χ0v) is 13.8. The van der Waals surface area contributed by atoms with Crippen LogP contribution < -0.4 is 16.0 Å². The van der Waals surface area contributed by atoms with E-state index in [-0.39, 0.29) is 17.5 Å². The monoisotopic (exact) mass is 327 g/mol. The Kier molecular flexibility index (Phi) is 6.24. The standard InChI is InChI=1S/C17H21N5O2/c1-3-4-9-18-17-19-10-8-15(22-17)16(24)21-14-7-5-6-13(11-14)20-12(2)23/h5-8,10-11H,3-4,9H2,1-2H3,(H,20,23)(H,21,24)(H,18,19,22). The molecule has 7 nitrogen and oxygen atoms in total. The molecule has 3 N–H and O–H groups in total. The fourth-order valence-electron chi connectivity index (χ4n) is 2.02. The Balaban J connectivity index is 2.04. The summed E-state index contributed by atoms with van der Waals surface area (Å²) < 4.78 is 0. The van der Waals surface area contributed by atoms with Gasteiger partial charge in [0.05, 0.1) is 0 Å². The van der Waals surface area contributed by atoms with Crippen molar-refractivity contribution in [2.24, 2.45) is 0 Å². The van der Waals surface area contributed by atoms with Gasteiger partial charge in [-0.05, 0) is 30.7 Å². The van der Waals surface area contributed by atoms with Gasteiger partial charge in [0.15, 0.2) is 0 Å². The molecule has 0 aliphatic carbocycles. The summed E-state index contributed by atoms with van der Waals surface area (Å²) in [5, 5.41) is 8.51. The molecule has 2 amide bonds. The number of unbranched alkanes of at least 4 members (excludes halogenated alkanes) is 1. The summed E-state index contributed by atoms with van der Waals surface area (Å²) >= 11 is 0. The molecule has 1 aromatic heterocycles. The first-order chi connectivity index (χ1) is 11.6. The first-order valence-corrected chi connectivity index (χ1v) is 7.84. The molecule has 0 fully saturated rings. The highest BCUT2D eigenvalue weighted by Gasteiger charge is 2.09. The number of nitrogens with one attached hydrogen (secondary N) is 3.